The summed E-state index contributed by atoms with van der Waals surface area (Å²) in [4.78, 5) is 23.8. The number of azo groups is 1. The highest BCUT2D eigenvalue weighted by Gasteiger charge is 2.23. The molecule has 1 fully saturated rings. The molecule has 0 spiro atoms. The lowest BCUT2D eigenvalue weighted by atomic mass is 9.86. The molecular weight excluding hydrogens is 290 g/mol. The SMILES string of the molecule is O=C(CCC1CCCCC1)NCC1N=NC(=O)c2ccccc21. The Morgan fingerprint density at radius 2 is 1.96 bits per heavy atom. The van der Waals surface area contributed by atoms with Crippen molar-refractivity contribution in [2.24, 2.45) is 16.1 Å². The Morgan fingerprint density at radius 1 is 1.17 bits per heavy atom. The van der Waals surface area contributed by atoms with Gasteiger partial charge in [0.2, 0.25) is 5.91 Å². The highest BCUT2D eigenvalue weighted by molar-refractivity contribution is 5.97. The van der Waals surface area contributed by atoms with E-state index in [1.807, 2.05) is 18.2 Å². The van der Waals surface area contributed by atoms with Crippen LogP contribution in [0.25, 0.3) is 0 Å². The van der Waals surface area contributed by atoms with Gasteiger partial charge in [-0.3, -0.25) is 9.59 Å². The van der Waals surface area contributed by atoms with Gasteiger partial charge >= 0.3 is 0 Å². The van der Waals surface area contributed by atoms with Crippen molar-refractivity contribution in [3.05, 3.63) is 35.4 Å². The maximum atomic E-state index is 12.1. The number of benzene rings is 1. The monoisotopic (exact) mass is 313 g/mol. The number of nitrogens with one attached hydrogen (secondary N) is 1. The van der Waals surface area contributed by atoms with Gasteiger partial charge in [0.05, 0.1) is 0 Å². The zero-order valence-electron chi connectivity index (χ0n) is 13.3. The minimum atomic E-state index is -0.305. The highest BCUT2D eigenvalue weighted by Crippen LogP contribution is 2.28. The van der Waals surface area contributed by atoms with E-state index in [-0.39, 0.29) is 17.9 Å². The van der Waals surface area contributed by atoms with Crippen LogP contribution < -0.4 is 5.32 Å². The summed E-state index contributed by atoms with van der Waals surface area (Å²) in [6, 6.07) is 7.07. The standard InChI is InChI=1S/C18H23N3O2/c22-17(11-10-13-6-2-1-3-7-13)19-12-16-14-8-4-5-9-15(14)18(23)21-20-16/h4-5,8-9,13,16H,1-3,6-7,10-12H2,(H,19,22). The molecule has 2 aliphatic rings. The number of carbonyl (C=O) groups is 2. The predicted octanol–water partition coefficient (Wildman–Crippen LogP) is 3.81. The fourth-order valence-electron chi connectivity index (χ4n) is 3.48. The van der Waals surface area contributed by atoms with E-state index in [9.17, 15) is 9.59 Å². The highest BCUT2D eigenvalue weighted by atomic mass is 16.2. The topological polar surface area (TPSA) is 70.9 Å². The first-order valence-electron chi connectivity index (χ1n) is 8.55. The van der Waals surface area contributed by atoms with E-state index < -0.39 is 0 Å². The van der Waals surface area contributed by atoms with Gasteiger partial charge in [-0.1, -0.05) is 50.3 Å². The molecule has 0 aromatic heterocycles. The summed E-state index contributed by atoms with van der Waals surface area (Å²) in [5.74, 6) is 0.475. The molecule has 2 amide bonds. The lowest BCUT2D eigenvalue weighted by molar-refractivity contribution is -0.121. The largest absolute Gasteiger partial charge is 0.354 e. The van der Waals surface area contributed by atoms with Crippen LogP contribution in [0.3, 0.4) is 0 Å². The normalized spacial score (nSPS) is 21.0. The quantitative estimate of drug-likeness (QED) is 0.898. The fraction of sp³-hybridized carbons (Fsp3) is 0.556. The molecule has 0 radical (unpaired) electrons. The molecule has 1 unspecified atom stereocenters. The first-order chi connectivity index (χ1) is 11.2. The van der Waals surface area contributed by atoms with Crippen LogP contribution in [-0.4, -0.2) is 18.4 Å². The molecule has 1 N–H and O–H groups in total. The molecule has 122 valence electrons. The molecule has 0 bridgehead atoms. The molecule has 5 heteroatoms. The zero-order chi connectivity index (χ0) is 16.1. The summed E-state index contributed by atoms with van der Waals surface area (Å²) in [5.41, 5.74) is 1.43. The number of hydrogen-bond donors (Lipinski definition) is 1. The molecule has 1 aromatic carbocycles. The van der Waals surface area contributed by atoms with Crippen LogP contribution in [0, 0.1) is 5.92 Å². The average Bonchev–Trinajstić information content (AvgIpc) is 2.60. The van der Waals surface area contributed by atoms with Crippen molar-refractivity contribution in [3.8, 4) is 0 Å². The van der Waals surface area contributed by atoms with Gasteiger partial charge in [-0.2, -0.15) is 5.11 Å². The minimum absolute atomic E-state index is 0.0696. The first kappa shape index (κ1) is 15.8. The summed E-state index contributed by atoms with van der Waals surface area (Å²) >= 11 is 0. The van der Waals surface area contributed by atoms with Crippen molar-refractivity contribution in [2.75, 3.05) is 6.54 Å². The van der Waals surface area contributed by atoms with Crippen molar-refractivity contribution in [2.45, 2.75) is 51.0 Å². The van der Waals surface area contributed by atoms with Crippen molar-refractivity contribution >= 4 is 11.8 Å². The maximum absolute atomic E-state index is 12.1. The Bertz CT molecular complexity index is 606. The predicted molar refractivity (Wildman–Crippen MR) is 87.2 cm³/mol. The summed E-state index contributed by atoms with van der Waals surface area (Å²) in [7, 11) is 0. The van der Waals surface area contributed by atoms with Crippen LogP contribution in [0.15, 0.2) is 34.5 Å². The van der Waals surface area contributed by atoms with E-state index in [0.29, 0.717) is 24.4 Å². The van der Waals surface area contributed by atoms with Gasteiger partial charge in [0.25, 0.3) is 5.91 Å². The molecule has 1 atom stereocenters. The van der Waals surface area contributed by atoms with Crippen LogP contribution in [0.2, 0.25) is 0 Å². The number of fused-ring (bicyclic) bond motifs is 1. The van der Waals surface area contributed by atoms with Crippen molar-refractivity contribution in [1.82, 2.24) is 5.32 Å². The second-order valence-corrected chi connectivity index (χ2v) is 6.47. The van der Waals surface area contributed by atoms with Gasteiger partial charge in [0.1, 0.15) is 6.04 Å². The van der Waals surface area contributed by atoms with Gasteiger partial charge in [-0.25, -0.2) is 0 Å². The average molecular weight is 313 g/mol. The lowest BCUT2D eigenvalue weighted by Crippen LogP contribution is -2.29. The summed E-state index contributed by atoms with van der Waals surface area (Å²) < 4.78 is 0. The molecular formula is C18H23N3O2. The van der Waals surface area contributed by atoms with Crippen molar-refractivity contribution < 1.29 is 9.59 Å². The van der Waals surface area contributed by atoms with E-state index in [1.165, 1.54) is 32.1 Å². The number of amides is 2. The molecule has 1 aliphatic carbocycles. The second-order valence-electron chi connectivity index (χ2n) is 6.47. The number of rotatable bonds is 5. The molecule has 1 aliphatic heterocycles. The molecule has 5 nitrogen and oxygen atoms in total. The molecule has 3 rings (SSSR count). The molecule has 1 heterocycles. The van der Waals surface area contributed by atoms with Gasteiger partial charge in [-0.05, 0) is 24.0 Å². The molecule has 23 heavy (non-hydrogen) atoms. The molecule has 1 aromatic rings. The summed E-state index contributed by atoms with van der Waals surface area (Å²) in [5, 5.41) is 10.7. The Balaban J connectivity index is 1.49. The zero-order valence-corrected chi connectivity index (χ0v) is 13.3. The van der Waals surface area contributed by atoms with Gasteiger partial charge in [-0.15, -0.1) is 5.11 Å². The Labute approximate surface area is 136 Å². The summed E-state index contributed by atoms with van der Waals surface area (Å²) in [6.07, 6.45) is 8.04. The third kappa shape index (κ3) is 4.03. The lowest BCUT2D eigenvalue weighted by Gasteiger charge is -2.21. The Hall–Kier alpha value is -2.04. The third-order valence-electron chi connectivity index (χ3n) is 4.84. The van der Waals surface area contributed by atoms with Gasteiger partial charge in [0, 0.05) is 18.5 Å². The van der Waals surface area contributed by atoms with E-state index in [2.05, 4.69) is 15.5 Å². The number of hydrogen-bond acceptors (Lipinski definition) is 3. The van der Waals surface area contributed by atoms with Crippen molar-refractivity contribution in [1.29, 1.82) is 0 Å². The third-order valence-corrected chi connectivity index (χ3v) is 4.84. The van der Waals surface area contributed by atoms with E-state index in [1.54, 1.807) is 6.07 Å². The maximum Gasteiger partial charge on any atom is 0.295 e. The second kappa shape index (κ2) is 7.49. The van der Waals surface area contributed by atoms with Crippen LogP contribution in [-0.2, 0) is 4.79 Å². The Morgan fingerprint density at radius 3 is 2.78 bits per heavy atom. The smallest absolute Gasteiger partial charge is 0.295 e. The van der Waals surface area contributed by atoms with Crippen LogP contribution in [0.4, 0.5) is 0 Å². The minimum Gasteiger partial charge on any atom is -0.354 e. The molecule has 0 saturated heterocycles. The van der Waals surface area contributed by atoms with E-state index in [4.69, 9.17) is 0 Å². The van der Waals surface area contributed by atoms with Crippen LogP contribution in [0.5, 0.6) is 0 Å². The number of nitrogens with zero attached hydrogens (tertiary/aromatic N) is 2. The van der Waals surface area contributed by atoms with Gasteiger partial charge in [0.15, 0.2) is 0 Å². The van der Waals surface area contributed by atoms with Gasteiger partial charge < -0.3 is 5.32 Å². The van der Waals surface area contributed by atoms with Crippen LogP contribution in [0.1, 0.15) is 66.9 Å². The van der Waals surface area contributed by atoms with Crippen molar-refractivity contribution in [3.63, 3.8) is 0 Å². The fourth-order valence-corrected chi connectivity index (χ4v) is 3.48. The molecule has 1 saturated carbocycles. The first-order valence-corrected chi connectivity index (χ1v) is 8.55. The summed E-state index contributed by atoms with van der Waals surface area (Å²) in [6.45, 7) is 0.400. The number of carbonyl (C=O) groups excluding carboxylic acids is 2. The van der Waals surface area contributed by atoms with E-state index >= 15 is 0 Å². The van der Waals surface area contributed by atoms with E-state index in [0.717, 1.165) is 12.0 Å². The van der Waals surface area contributed by atoms with Crippen LogP contribution >= 0.6 is 0 Å². The Kier molecular flexibility index (Phi) is 5.16.